The molecule has 0 aliphatic rings. The Labute approximate surface area is 130 Å². The first-order valence-electron chi connectivity index (χ1n) is 7.54. The van der Waals surface area contributed by atoms with Gasteiger partial charge >= 0.3 is 0 Å². The van der Waals surface area contributed by atoms with E-state index in [0.29, 0.717) is 0 Å². The van der Waals surface area contributed by atoms with Gasteiger partial charge in [-0.25, -0.2) is 0 Å². The van der Waals surface area contributed by atoms with Gasteiger partial charge in [-0.1, -0.05) is 84.9 Å². The first kappa shape index (κ1) is 12.8. The second-order valence-electron chi connectivity index (χ2n) is 5.55. The van der Waals surface area contributed by atoms with Gasteiger partial charge in [0, 0.05) is 0 Å². The van der Waals surface area contributed by atoms with Crippen LogP contribution in [0.5, 0.6) is 0 Å². The van der Waals surface area contributed by atoms with Crippen molar-refractivity contribution in [1.82, 2.24) is 0 Å². The Balaban J connectivity index is 1.68. The Morgan fingerprint density at radius 2 is 0.818 bits per heavy atom. The molecule has 0 heterocycles. The Kier molecular flexibility index (Phi) is 3.21. The summed E-state index contributed by atoms with van der Waals surface area (Å²) in [5.41, 5.74) is 2.46. The molecule has 0 bridgehead atoms. The third-order valence-corrected chi connectivity index (χ3v) is 4.02. The lowest BCUT2D eigenvalue weighted by molar-refractivity contribution is 1.69. The predicted molar refractivity (Wildman–Crippen MR) is 96.8 cm³/mol. The molecule has 0 aromatic heterocycles. The molecule has 22 heavy (non-hydrogen) atoms. The van der Waals surface area contributed by atoms with Gasteiger partial charge in [-0.15, -0.1) is 0 Å². The van der Waals surface area contributed by atoms with E-state index in [4.69, 9.17) is 0 Å². The van der Waals surface area contributed by atoms with Crippen molar-refractivity contribution in [2.24, 2.45) is 0 Å². The molecule has 0 unspecified atom stereocenters. The normalized spacial score (nSPS) is 11.5. The summed E-state index contributed by atoms with van der Waals surface area (Å²) < 4.78 is 0. The van der Waals surface area contributed by atoms with Crippen molar-refractivity contribution in [3.8, 4) is 0 Å². The monoisotopic (exact) mass is 280 g/mol. The minimum absolute atomic E-state index is 1.23. The van der Waals surface area contributed by atoms with Gasteiger partial charge in [0.2, 0.25) is 0 Å². The highest BCUT2D eigenvalue weighted by molar-refractivity contribution is 5.88. The van der Waals surface area contributed by atoms with E-state index in [1.54, 1.807) is 0 Å². The summed E-state index contributed by atoms with van der Waals surface area (Å²) in [5.74, 6) is 0. The fourth-order valence-electron chi connectivity index (χ4n) is 2.82. The Morgan fingerprint density at radius 3 is 1.27 bits per heavy atom. The summed E-state index contributed by atoms with van der Waals surface area (Å²) in [5, 5.41) is 5.13. The maximum absolute atomic E-state index is 2.23. The van der Waals surface area contributed by atoms with Crippen LogP contribution < -0.4 is 0 Å². The third kappa shape index (κ3) is 2.51. The highest BCUT2D eigenvalue weighted by Crippen LogP contribution is 2.19. The van der Waals surface area contributed by atoms with Crippen LogP contribution in [0.2, 0.25) is 0 Å². The molecule has 0 radical (unpaired) electrons. The van der Waals surface area contributed by atoms with E-state index in [9.17, 15) is 0 Å². The third-order valence-electron chi connectivity index (χ3n) is 4.02. The maximum atomic E-state index is 2.23. The fraction of sp³-hybridized carbons (Fsp3) is 0. The van der Waals surface area contributed by atoms with E-state index in [-0.39, 0.29) is 0 Å². The lowest BCUT2D eigenvalue weighted by atomic mass is 10.0. The van der Waals surface area contributed by atoms with Gasteiger partial charge in [-0.05, 0) is 44.8 Å². The summed E-state index contributed by atoms with van der Waals surface area (Å²) in [6.45, 7) is 0. The lowest BCUT2D eigenvalue weighted by Crippen LogP contribution is -1.77. The van der Waals surface area contributed by atoms with Gasteiger partial charge in [0.1, 0.15) is 0 Å². The van der Waals surface area contributed by atoms with E-state index in [2.05, 4.69) is 97.1 Å². The van der Waals surface area contributed by atoms with Crippen molar-refractivity contribution in [1.29, 1.82) is 0 Å². The quantitative estimate of drug-likeness (QED) is 0.385. The van der Waals surface area contributed by atoms with E-state index < -0.39 is 0 Å². The molecule has 104 valence electrons. The predicted octanol–water partition coefficient (Wildman–Crippen LogP) is 6.16. The van der Waals surface area contributed by atoms with Gasteiger partial charge in [-0.3, -0.25) is 0 Å². The van der Waals surface area contributed by atoms with E-state index in [0.717, 1.165) is 0 Å². The zero-order chi connectivity index (χ0) is 14.8. The number of rotatable bonds is 2. The number of benzene rings is 4. The SMILES string of the molecule is C(=C\c1ccc2ccccc2c1)/c1ccc2ccccc2c1. The fourth-order valence-corrected chi connectivity index (χ4v) is 2.82. The summed E-state index contributed by atoms with van der Waals surface area (Å²) in [6, 6.07) is 30.1. The molecule has 4 aromatic rings. The Hall–Kier alpha value is -2.86. The zero-order valence-electron chi connectivity index (χ0n) is 12.2. The van der Waals surface area contributed by atoms with Crippen LogP contribution in [0, 0.1) is 0 Å². The van der Waals surface area contributed by atoms with Crippen LogP contribution in [0.15, 0.2) is 84.9 Å². The molecule has 0 amide bonds. The molecule has 0 atom stereocenters. The van der Waals surface area contributed by atoms with Crippen LogP contribution in [0.25, 0.3) is 33.7 Å². The standard InChI is InChI=1S/C22H16/c1-3-7-21-15-17(11-13-19(21)5-1)9-10-18-12-14-20-6-2-4-8-22(20)16-18/h1-16H/b10-9+. The average molecular weight is 280 g/mol. The molecular formula is C22H16. The minimum atomic E-state index is 1.23. The first-order chi connectivity index (χ1) is 10.9. The molecule has 0 spiro atoms. The van der Waals surface area contributed by atoms with Gasteiger partial charge in [0.05, 0.1) is 0 Å². The van der Waals surface area contributed by atoms with Crippen LogP contribution >= 0.6 is 0 Å². The maximum Gasteiger partial charge on any atom is -0.0178 e. The van der Waals surface area contributed by atoms with Gasteiger partial charge < -0.3 is 0 Å². The molecule has 4 rings (SSSR count). The largest absolute Gasteiger partial charge is 0.0616 e. The number of fused-ring (bicyclic) bond motifs is 2. The van der Waals surface area contributed by atoms with Crippen molar-refractivity contribution in [2.45, 2.75) is 0 Å². The van der Waals surface area contributed by atoms with Crippen LogP contribution in [0.4, 0.5) is 0 Å². The van der Waals surface area contributed by atoms with Crippen molar-refractivity contribution in [3.05, 3.63) is 96.1 Å². The molecule has 0 N–H and O–H groups in total. The lowest BCUT2D eigenvalue weighted by Gasteiger charge is -2.01. The van der Waals surface area contributed by atoms with Gasteiger partial charge in [0.15, 0.2) is 0 Å². The molecular weight excluding hydrogens is 264 g/mol. The van der Waals surface area contributed by atoms with Crippen LogP contribution in [-0.4, -0.2) is 0 Å². The van der Waals surface area contributed by atoms with E-state index in [1.807, 2.05) is 0 Å². The van der Waals surface area contributed by atoms with E-state index in [1.165, 1.54) is 32.7 Å². The minimum Gasteiger partial charge on any atom is -0.0616 e. The molecule has 4 aromatic carbocycles. The topological polar surface area (TPSA) is 0 Å². The van der Waals surface area contributed by atoms with Crippen molar-refractivity contribution < 1.29 is 0 Å². The second kappa shape index (κ2) is 5.50. The molecule has 0 heteroatoms. The molecule has 0 fully saturated rings. The van der Waals surface area contributed by atoms with Crippen molar-refractivity contribution in [3.63, 3.8) is 0 Å². The molecule has 0 nitrogen and oxygen atoms in total. The zero-order valence-corrected chi connectivity index (χ0v) is 12.2. The first-order valence-corrected chi connectivity index (χ1v) is 7.54. The summed E-state index contributed by atoms with van der Waals surface area (Å²) in [6.07, 6.45) is 4.35. The van der Waals surface area contributed by atoms with Crippen LogP contribution in [-0.2, 0) is 0 Å². The van der Waals surface area contributed by atoms with Crippen molar-refractivity contribution >= 4 is 33.7 Å². The summed E-state index contributed by atoms with van der Waals surface area (Å²) >= 11 is 0. The second-order valence-corrected chi connectivity index (χ2v) is 5.55. The summed E-state index contributed by atoms with van der Waals surface area (Å²) in [7, 11) is 0. The van der Waals surface area contributed by atoms with Gasteiger partial charge in [-0.2, -0.15) is 0 Å². The molecule has 0 aliphatic heterocycles. The average Bonchev–Trinajstić information content (AvgIpc) is 2.59. The smallest absolute Gasteiger partial charge is 0.0178 e. The highest BCUT2D eigenvalue weighted by atomic mass is 14.0. The van der Waals surface area contributed by atoms with Crippen molar-refractivity contribution in [2.75, 3.05) is 0 Å². The van der Waals surface area contributed by atoms with Gasteiger partial charge in [0.25, 0.3) is 0 Å². The van der Waals surface area contributed by atoms with E-state index >= 15 is 0 Å². The van der Waals surface area contributed by atoms with Crippen LogP contribution in [0.1, 0.15) is 11.1 Å². The summed E-state index contributed by atoms with van der Waals surface area (Å²) in [4.78, 5) is 0. The molecule has 0 saturated carbocycles. The Morgan fingerprint density at radius 1 is 0.409 bits per heavy atom. The number of hydrogen-bond donors (Lipinski definition) is 0. The Bertz CT molecular complexity index is 896. The van der Waals surface area contributed by atoms with Crippen LogP contribution in [0.3, 0.4) is 0 Å². The number of hydrogen-bond acceptors (Lipinski definition) is 0. The molecule has 0 saturated heterocycles. The highest BCUT2D eigenvalue weighted by Gasteiger charge is 1.95. The molecule has 0 aliphatic carbocycles.